The van der Waals surface area contributed by atoms with E-state index in [0.717, 1.165) is 39.2 Å². The second-order valence-corrected chi connectivity index (χ2v) is 9.59. The van der Waals surface area contributed by atoms with Crippen molar-refractivity contribution in [3.05, 3.63) is 59.7 Å². The highest BCUT2D eigenvalue weighted by Gasteiger charge is 2.17. The fourth-order valence-electron chi connectivity index (χ4n) is 4.35. The van der Waals surface area contributed by atoms with E-state index < -0.39 is 0 Å². The summed E-state index contributed by atoms with van der Waals surface area (Å²) in [5.41, 5.74) is 5.10. The Morgan fingerprint density at radius 1 is 0.606 bits per heavy atom. The molecule has 0 aliphatic rings. The molecule has 0 bridgehead atoms. The predicted octanol–water partition coefficient (Wildman–Crippen LogP) is 8.09. The van der Waals surface area contributed by atoms with E-state index in [9.17, 15) is 0 Å². The van der Waals surface area contributed by atoms with Crippen LogP contribution in [-0.2, 0) is 4.74 Å². The molecule has 0 saturated heterocycles. The molecule has 2 rings (SSSR count). The van der Waals surface area contributed by atoms with Gasteiger partial charge in [0.1, 0.15) is 6.10 Å². The average Bonchev–Trinajstić information content (AvgIpc) is 2.82. The van der Waals surface area contributed by atoms with Gasteiger partial charge in [0, 0.05) is 44.2 Å². The zero-order valence-corrected chi connectivity index (χ0v) is 22.1. The fraction of sp³-hybridized carbons (Fsp3) is 0.600. The number of nitrogens with zero attached hydrogens (tertiary/aromatic N) is 2. The smallest absolute Gasteiger partial charge is 0.108 e. The normalized spacial score (nSPS) is 11.4. The third kappa shape index (κ3) is 8.70. The SMILES string of the molecule is CCCN(CCC)c1ccc(C(OCCC(C)C)c2ccc(N(CCC)CCC)cc2)cc1. The molecular formula is C30H48N2O. The van der Waals surface area contributed by atoms with E-state index in [1.54, 1.807) is 0 Å². The van der Waals surface area contributed by atoms with Crippen molar-refractivity contribution in [2.24, 2.45) is 5.92 Å². The Morgan fingerprint density at radius 3 is 1.27 bits per heavy atom. The van der Waals surface area contributed by atoms with Crippen LogP contribution in [-0.4, -0.2) is 32.8 Å². The van der Waals surface area contributed by atoms with Crippen LogP contribution < -0.4 is 9.80 Å². The van der Waals surface area contributed by atoms with Crippen molar-refractivity contribution >= 4 is 11.4 Å². The van der Waals surface area contributed by atoms with Crippen LogP contribution in [0.25, 0.3) is 0 Å². The van der Waals surface area contributed by atoms with Crippen molar-refractivity contribution in [3.63, 3.8) is 0 Å². The maximum absolute atomic E-state index is 6.49. The molecule has 0 unspecified atom stereocenters. The number of hydrogen-bond donors (Lipinski definition) is 0. The molecule has 0 fully saturated rings. The third-order valence-corrected chi connectivity index (χ3v) is 6.08. The van der Waals surface area contributed by atoms with E-state index in [0.29, 0.717) is 5.92 Å². The molecule has 0 aromatic heterocycles. The first-order valence-corrected chi connectivity index (χ1v) is 13.3. The Morgan fingerprint density at radius 2 is 0.970 bits per heavy atom. The van der Waals surface area contributed by atoms with Crippen LogP contribution in [0.4, 0.5) is 11.4 Å². The minimum Gasteiger partial charge on any atom is -0.372 e. The molecule has 0 atom stereocenters. The Labute approximate surface area is 204 Å². The minimum atomic E-state index is -0.0246. The Bertz CT molecular complexity index is 682. The monoisotopic (exact) mass is 452 g/mol. The Kier molecular flexibility index (Phi) is 12.4. The summed E-state index contributed by atoms with van der Waals surface area (Å²) >= 11 is 0. The largest absolute Gasteiger partial charge is 0.372 e. The number of rotatable bonds is 16. The summed E-state index contributed by atoms with van der Waals surface area (Å²) in [5, 5.41) is 0. The van der Waals surface area contributed by atoms with Crippen molar-refractivity contribution in [3.8, 4) is 0 Å². The molecule has 0 aliphatic carbocycles. The van der Waals surface area contributed by atoms with Crippen LogP contribution >= 0.6 is 0 Å². The van der Waals surface area contributed by atoms with E-state index in [2.05, 4.69) is 99.9 Å². The van der Waals surface area contributed by atoms with Crippen LogP contribution in [0.2, 0.25) is 0 Å². The van der Waals surface area contributed by atoms with Gasteiger partial charge in [0.15, 0.2) is 0 Å². The van der Waals surface area contributed by atoms with Gasteiger partial charge in [0.05, 0.1) is 0 Å². The maximum atomic E-state index is 6.49. The Balaban J connectivity index is 2.27. The van der Waals surface area contributed by atoms with Gasteiger partial charge in [-0.15, -0.1) is 0 Å². The van der Waals surface area contributed by atoms with Gasteiger partial charge in [-0.2, -0.15) is 0 Å². The predicted molar refractivity (Wildman–Crippen MR) is 146 cm³/mol. The third-order valence-electron chi connectivity index (χ3n) is 6.08. The first-order valence-electron chi connectivity index (χ1n) is 13.3. The molecule has 0 N–H and O–H groups in total. The summed E-state index contributed by atoms with van der Waals surface area (Å²) in [4.78, 5) is 4.98. The van der Waals surface area contributed by atoms with Crippen molar-refractivity contribution in [2.75, 3.05) is 42.6 Å². The first kappa shape index (κ1) is 27.2. The van der Waals surface area contributed by atoms with Gasteiger partial charge in [-0.1, -0.05) is 65.8 Å². The van der Waals surface area contributed by atoms with Gasteiger partial charge >= 0.3 is 0 Å². The van der Waals surface area contributed by atoms with E-state index in [1.165, 1.54) is 48.2 Å². The highest BCUT2D eigenvalue weighted by atomic mass is 16.5. The van der Waals surface area contributed by atoms with Crippen LogP contribution in [0, 0.1) is 5.92 Å². The minimum absolute atomic E-state index is 0.0246. The van der Waals surface area contributed by atoms with E-state index in [4.69, 9.17) is 4.74 Å². The molecule has 0 heterocycles. The van der Waals surface area contributed by atoms with E-state index in [1.807, 2.05) is 0 Å². The van der Waals surface area contributed by atoms with Gasteiger partial charge in [-0.3, -0.25) is 0 Å². The standard InChI is InChI=1S/C30H48N2O/c1-7-20-31(21-8-2)28-15-11-26(12-16-28)30(33-24-19-25(5)6)27-13-17-29(18-14-27)32(22-9-3)23-10-4/h11-18,25,30H,7-10,19-24H2,1-6H3. The number of anilines is 2. The van der Waals surface area contributed by atoms with Crippen LogP contribution in [0.1, 0.15) is 90.9 Å². The molecule has 0 aliphatic heterocycles. The topological polar surface area (TPSA) is 15.7 Å². The van der Waals surface area contributed by atoms with Gasteiger partial charge in [0.2, 0.25) is 0 Å². The molecule has 33 heavy (non-hydrogen) atoms. The molecule has 0 amide bonds. The van der Waals surface area contributed by atoms with Crippen molar-refractivity contribution in [2.45, 2.75) is 79.8 Å². The lowest BCUT2D eigenvalue weighted by atomic mass is 10.00. The second kappa shape index (κ2) is 15.0. The molecule has 3 heteroatoms. The van der Waals surface area contributed by atoms with Crippen LogP contribution in [0.3, 0.4) is 0 Å². The van der Waals surface area contributed by atoms with E-state index >= 15 is 0 Å². The van der Waals surface area contributed by atoms with Gasteiger partial charge in [-0.05, 0) is 73.4 Å². The van der Waals surface area contributed by atoms with Crippen LogP contribution in [0.15, 0.2) is 48.5 Å². The van der Waals surface area contributed by atoms with Gasteiger partial charge in [0.25, 0.3) is 0 Å². The summed E-state index contributed by atoms with van der Waals surface area (Å²) in [7, 11) is 0. The zero-order chi connectivity index (χ0) is 24.1. The molecule has 2 aromatic rings. The second-order valence-electron chi connectivity index (χ2n) is 9.59. The summed E-state index contributed by atoms with van der Waals surface area (Å²) in [6.07, 6.45) is 5.73. The van der Waals surface area contributed by atoms with Crippen molar-refractivity contribution in [1.29, 1.82) is 0 Å². The molecule has 0 radical (unpaired) electrons. The average molecular weight is 453 g/mol. The molecular weight excluding hydrogens is 404 g/mol. The highest BCUT2D eigenvalue weighted by molar-refractivity contribution is 5.51. The summed E-state index contributed by atoms with van der Waals surface area (Å²) in [6, 6.07) is 18.2. The molecule has 2 aromatic carbocycles. The van der Waals surface area contributed by atoms with E-state index in [-0.39, 0.29) is 6.10 Å². The lowest BCUT2D eigenvalue weighted by molar-refractivity contribution is 0.0720. The molecule has 0 spiro atoms. The van der Waals surface area contributed by atoms with Crippen molar-refractivity contribution < 1.29 is 4.74 Å². The molecule has 0 saturated carbocycles. The van der Waals surface area contributed by atoms with Gasteiger partial charge < -0.3 is 14.5 Å². The Hall–Kier alpha value is -2.00. The first-order chi connectivity index (χ1) is 16.0. The zero-order valence-electron chi connectivity index (χ0n) is 22.1. The molecule has 3 nitrogen and oxygen atoms in total. The maximum Gasteiger partial charge on any atom is 0.108 e. The summed E-state index contributed by atoms with van der Waals surface area (Å²) in [5.74, 6) is 0.642. The number of benzene rings is 2. The highest BCUT2D eigenvalue weighted by Crippen LogP contribution is 2.30. The van der Waals surface area contributed by atoms with Crippen molar-refractivity contribution in [1.82, 2.24) is 0 Å². The number of hydrogen-bond acceptors (Lipinski definition) is 3. The fourth-order valence-corrected chi connectivity index (χ4v) is 4.35. The summed E-state index contributed by atoms with van der Waals surface area (Å²) < 4.78 is 6.49. The lowest BCUT2D eigenvalue weighted by Crippen LogP contribution is -2.25. The molecule has 184 valence electrons. The lowest BCUT2D eigenvalue weighted by Gasteiger charge is -2.26. The quantitative estimate of drug-likeness (QED) is 0.256. The van der Waals surface area contributed by atoms with Gasteiger partial charge in [-0.25, -0.2) is 0 Å². The summed E-state index contributed by atoms with van der Waals surface area (Å²) in [6.45, 7) is 18.7. The van der Waals surface area contributed by atoms with Crippen LogP contribution in [0.5, 0.6) is 0 Å². The number of ether oxygens (including phenoxy) is 1.